The number of nitrogens with one attached hydrogen (secondary N) is 1. The molecule has 1 N–H and O–H groups in total. The van der Waals surface area contributed by atoms with Crippen LogP contribution < -0.4 is 0 Å². The van der Waals surface area contributed by atoms with Gasteiger partial charge in [0.15, 0.2) is 5.65 Å². The SMILES string of the molecule is O=C(CCC(F)(F)F)N1CC=C(c2cc[nH]c3cnc4nccc4c23)C1. The number of hydrogen-bond acceptors (Lipinski definition) is 3. The van der Waals surface area contributed by atoms with Gasteiger partial charge in [0.2, 0.25) is 5.91 Å². The van der Waals surface area contributed by atoms with Gasteiger partial charge in [-0.1, -0.05) is 6.08 Å². The smallest absolute Gasteiger partial charge is 0.360 e. The Hall–Kier alpha value is -2.90. The maximum absolute atomic E-state index is 12.3. The van der Waals surface area contributed by atoms with Gasteiger partial charge < -0.3 is 9.88 Å². The van der Waals surface area contributed by atoms with Gasteiger partial charge in [0.1, 0.15) is 0 Å². The summed E-state index contributed by atoms with van der Waals surface area (Å²) < 4.78 is 37.0. The summed E-state index contributed by atoms with van der Waals surface area (Å²) in [5.41, 5.74) is 3.32. The molecule has 0 saturated carbocycles. The lowest BCUT2D eigenvalue weighted by Crippen LogP contribution is -2.29. The molecule has 0 bridgehead atoms. The van der Waals surface area contributed by atoms with Crippen molar-refractivity contribution >= 4 is 33.4 Å². The normalized spacial score (nSPS) is 15.0. The Bertz CT molecular complexity index is 1020. The molecular weight excluding hydrogens is 345 g/mol. The van der Waals surface area contributed by atoms with E-state index in [1.54, 1.807) is 18.6 Å². The van der Waals surface area contributed by atoms with Gasteiger partial charge in [-0.15, -0.1) is 0 Å². The van der Waals surface area contributed by atoms with Crippen molar-refractivity contribution in [3.8, 4) is 0 Å². The highest BCUT2D eigenvalue weighted by molar-refractivity contribution is 6.09. The summed E-state index contributed by atoms with van der Waals surface area (Å²) in [7, 11) is 0. The average Bonchev–Trinajstić information content (AvgIpc) is 3.27. The number of hydrogen-bond donors (Lipinski definition) is 1. The minimum Gasteiger partial charge on any atom is -0.360 e. The van der Waals surface area contributed by atoms with Crippen LogP contribution in [0.3, 0.4) is 0 Å². The number of aromatic amines is 1. The highest BCUT2D eigenvalue weighted by atomic mass is 19.4. The third-order valence-corrected chi connectivity index (χ3v) is 4.53. The first-order valence-electron chi connectivity index (χ1n) is 8.17. The van der Waals surface area contributed by atoms with E-state index >= 15 is 0 Å². The first-order valence-corrected chi connectivity index (χ1v) is 8.17. The number of pyridine rings is 2. The molecule has 4 heterocycles. The highest BCUT2D eigenvalue weighted by Crippen LogP contribution is 2.32. The monoisotopic (exact) mass is 360 g/mol. The van der Waals surface area contributed by atoms with Gasteiger partial charge in [-0.2, -0.15) is 13.2 Å². The molecule has 3 aromatic heterocycles. The van der Waals surface area contributed by atoms with Crippen molar-refractivity contribution in [1.82, 2.24) is 19.9 Å². The van der Waals surface area contributed by atoms with E-state index in [0.29, 0.717) is 18.7 Å². The van der Waals surface area contributed by atoms with Gasteiger partial charge >= 0.3 is 6.18 Å². The van der Waals surface area contributed by atoms with Crippen LogP contribution in [-0.4, -0.2) is 45.0 Å². The molecule has 0 atom stereocenters. The van der Waals surface area contributed by atoms with Crippen LogP contribution in [-0.2, 0) is 4.79 Å². The molecule has 1 aliphatic heterocycles. The largest absolute Gasteiger partial charge is 0.389 e. The van der Waals surface area contributed by atoms with E-state index in [9.17, 15) is 18.0 Å². The van der Waals surface area contributed by atoms with Crippen LogP contribution in [0.1, 0.15) is 18.4 Å². The predicted octanol–water partition coefficient (Wildman–Crippen LogP) is 3.68. The molecule has 0 aliphatic carbocycles. The molecule has 3 aromatic rings. The van der Waals surface area contributed by atoms with E-state index in [0.717, 1.165) is 27.4 Å². The molecule has 1 amide bonds. The van der Waals surface area contributed by atoms with Crippen molar-refractivity contribution < 1.29 is 18.0 Å². The number of halogens is 3. The van der Waals surface area contributed by atoms with Crippen molar-refractivity contribution in [3.05, 3.63) is 42.4 Å². The lowest BCUT2D eigenvalue weighted by Gasteiger charge is -2.17. The second-order valence-corrected chi connectivity index (χ2v) is 6.24. The Balaban J connectivity index is 1.61. The highest BCUT2D eigenvalue weighted by Gasteiger charge is 2.30. The zero-order valence-electron chi connectivity index (χ0n) is 13.7. The number of alkyl halides is 3. The molecule has 5 nitrogen and oxygen atoms in total. The van der Waals surface area contributed by atoms with Gasteiger partial charge in [-0.25, -0.2) is 9.97 Å². The summed E-state index contributed by atoms with van der Waals surface area (Å²) in [6, 6.07) is 3.79. The van der Waals surface area contributed by atoms with Crippen LogP contribution >= 0.6 is 0 Å². The van der Waals surface area contributed by atoms with Gasteiger partial charge in [0, 0.05) is 42.7 Å². The van der Waals surface area contributed by atoms with Gasteiger partial charge in [0.25, 0.3) is 0 Å². The summed E-state index contributed by atoms with van der Waals surface area (Å²) in [6.07, 6.45) is 1.14. The number of H-pyrrole nitrogens is 1. The molecular formula is C18H15F3N4O. The van der Waals surface area contributed by atoms with E-state index in [4.69, 9.17) is 0 Å². The fourth-order valence-corrected chi connectivity index (χ4v) is 3.27. The molecule has 26 heavy (non-hydrogen) atoms. The number of carbonyl (C=O) groups is 1. The van der Waals surface area contributed by atoms with E-state index in [2.05, 4.69) is 15.0 Å². The molecule has 0 saturated heterocycles. The Morgan fingerprint density at radius 1 is 1.27 bits per heavy atom. The molecule has 0 aromatic carbocycles. The molecule has 0 radical (unpaired) electrons. The van der Waals surface area contributed by atoms with Gasteiger partial charge in [-0.3, -0.25) is 4.79 Å². The van der Waals surface area contributed by atoms with Gasteiger partial charge in [-0.05, 0) is 23.3 Å². The number of amides is 1. The number of aromatic nitrogens is 3. The summed E-state index contributed by atoms with van der Waals surface area (Å²) >= 11 is 0. The second-order valence-electron chi connectivity index (χ2n) is 6.24. The second kappa shape index (κ2) is 6.12. The van der Waals surface area contributed by atoms with E-state index in [1.165, 1.54) is 4.90 Å². The van der Waals surface area contributed by atoms with Gasteiger partial charge in [0.05, 0.1) is 18.1 Å². The van der Waals surface area contributed by atoms with Crippen molar-refractivity contribution in [1.29, 1.82) is 0 Å². The fraction of sp³-hybridized carbons (Fsp3) is 0.278. The Kier molecular flexibility index (Phi) is 3.90. The molecule has 0 fully saturated rings. The number of nitrogens with zero attached hydrogens (tertiary/aromatic N) is 3. The summed E-state index contributed by atoms with van der Waals surface area (Å²) in [5.74, 6) is -0.484. The Morgan fingerprint density at radius 3 is 2.92 bits per heavy atom. The fourth-order valence-electron chi connectivity index (χ4n) is 3.27. The number of fused-ring (bicyclic) bond motifs is 3. The summed E-state index contributed by atoms with van der Waals surface area (Å²) in [6.45, 7) is 0.618. The zero-order chi connectivity index (χ0) is 18.3. The molecule has 1 aliphatic rings. The molecule has 0 spiro atoms. The summed E-state index contributed by atoms with van der Waals surface area (Å²) in [5, 5.41) is 1.85. The minimum atomic E-state index is -4.32. The maximum atomic E-state index is 12.3. The third-order valence-electron chi connectivity index (χ3n) is 4.53. The molecule has 8 heteroatoms. The van der Waals surface area contributed by atoms with E-state index < -0.39 is 24.9 Å². The number of carbonyl (C=O) groups excluding carboxylic acids is 1. The predicted molar refractivity (Wildman–Crippen MR) is 91.2 cm³/mol. The standard InChI is InChI=1S/C18H15F3N4O/c19-18(20,21)5-1-15(26)25-8-4-11(10-25)12-2-6-22-14-9-24-17-13(16(12)14)3-7-23-17/h2-4,6-7,9,22H,1,5,8,10H2. The minimum absolute atomic E-state index is 0.299. The van der Waals surface area contributed by atoms with E-state index in [1.807, 2.05) is 18.2 Å². The molecule has 0 unspecified atom stereocenters. The third kappa shape index (κ3) is 3.02. The number of rotatable bonds is 3. The van der Waals surface area contributed by atoms with E-state index in [-0.39, 0.29) is 0 Å². The van der Waals surface area contributed by atoms with Crippen molar-refractivity contribution in [2.75, 3.05) is 13.1 Å². The lowest BCUT2D eigenvalue weighted by atomic mass is 10.0. The van der Waals surface area contributed by atoms with Crippen molar-refractivity contribution in [2.45, 2.75) is 19.0 Å². The zero-order valence-corrected chi connectivity index (χ0v) is 13.7. The average molecular weight is 360 g/mol. The Labute approximate surface area is 146 Å². The maximum Gasteiger partial charge on any atom is 0.389 e. The van der Waals surface area contributed by atoms with Crippen LogP contribution in [0.25, 0.3) is 27.5 Å². The summed E-state index contributed by atoms with van der Waals surface area (Å²) in [4.78, 5) is 25.2. The quantitative estimate of drug-likeness (QED) is 0.775. The van der Waals surface area contributed by atoms with Crippen LogP contribution in [0.2, 0.25) is 0 Å². The first-order chi connectivity index (χ1) is 12.4. The molecule has 4 rings (SSSR count). The van der Waals surface area contributed by atoms with Crippen molar-refractivity contribution in [3.63, 3.8) is 0 Å². The Morgan fingerprint density at radius 2 is 2.12 bits per heavy atom. The molecule has 134 valence electrons. The topological polar surface area (TPSA) is 61.9 Å². The van der Waals surface area contributed by atoms with Crippen LogP contribution in [0.5, 0.6) is 0 Å². The lowest BCUT2D eigenvalue weighted by molar-refractivity contribution is -0.148. The van der Waals surface area contributed by atoms with Crippen LogP contribution in [0.15, 0.2) is 36.8 Å². The first kappa shape index (κ1) is 16.6. The van der Waals surface area contributed by atoms with Crippen molar-refractivity contribution in [2.24, 2.45) is 0 Å². The van der Waals surface area contributed by atoms with Crippen LogP contribution in [0, 0.1) is 0 Å². The van der Waals surface area contributed by atoms with Crippen LogP contribution in [0.4, 0.5) is 13.2 Å².